The van der Waals surface area contributed by atoms with E-state index in [4.69, 9.17) is 4.74 Å². The van der Waals surface area contributed by atoms with Crippen LogP contribution in [0.2, 0.25) is 0 Å². The number of ether oxygens (including phenoxy) is 1. The summed E-state index contributed by atoms with van der Waals surface area (Å²) in [6.45, 7) is 16.9. The van der Waals surface area contributed by atoms with Gasteiger partial charge in [0.1, 0.15) is 17.6 Å². The highest BCUT2D eigenvalue weighted by atomic mass is 32.2. The molecule has 0 saturated heterocycles. The van der Waals surface area contributed by atoms with Crippen LogP contribution >= 0.6 is 11.9 Å². The van der Waals surface area contributed by atoms with Gasteiger partial charge in [0, 0.05) is 12.0 Å². The normalized spacial score (nSPS) is 24.8. The zero-order chi connectivity index (χ0) is 25.7. The van der Waals surface area contributed by atoms with E-state index in [0.717, 1.165) is 0 Å². The Morgan fingerprint density at radius 3 is 2.59 bits per heavy atom. The number of carbonyl (C=O) groups excluding carboxylic acids is 3. The molecule has 0 bridgehead atoms. The molecule has 0 aromatic heterocycles. The Bertz CT molecular complexity index is 884. The first kappa shape index (κ1) is 29.0. The minimum Gasteiger partial charge on any atom is -0.458 e. The highest BCUT2D eigenvalue weighted by molar-refractivity contribution is 7.96. The van der Waals surface area contributed by atoms with Gasteiger partial charge in [-0.15, -0.1) is 0 Å². The zero-order valence-electron chi connectivity index (χ0n) is 20.4. The van der Waals surface area contributed by atoms with Crippen molar-refractivity contribution in [2.75, 3.05) is 12.8 Å². The number of rotatable bonds is 4. The monoisotopic (exact) mass is 488 g/mol. The van der Waals surface area contributed by atoms with Gasteiger partial charge in [-0.05, 0) is 57.2 Å². The zero-order valence-corrected chi connectivity index (χ0v) is 21.2. The van der Waals surface area contributed by atoms with Crippen LogP contribution in [0.25, 0.3) is 0 Å². The molecule has 4 N–H and O–H groups in total. The van der Waals surface area contributed by atoms with E-state index in [1.807, 2.05) is 33.1 Å². The lowest BCUT2D eigenvalue weighted by molar-refractivity contribution is -0.130. The third-order valence-corrected chi connectivity index (χ3v) is 4.83. The van der Waals surface area contributed by atoms with Gasteiger partial charge in [0.2, 0.25) is 17.7 Å². The average molecular weight is 489 g/mol. The van der Waals surface area contributed by atoms with Crippen molar-refractivity contribution < 1.29 is 19.1 Å². The molecule has 1 aliphatic heterocycles. The number of nitrogens with one attached hydrogen (secondary N) is 4. The van der Waals surface area contributed by atoms with Crippen molar-refractivity contribution in [2.24, 2.45) is 0 Å². The molecule has 3 amide bonds. The molecule has 0 aromatic carbocycles. The fraction of sp³-hybridized carbons (Fsp3) is 0.400. The molecule has 1 rings (SSSR count). The summed E-state index contributed by atoms with van der Waals surface area (Å²) in [5.74, 6) is -0.406. The van der Waals surface area contributed by atoms with Crippen LogP contribution in [-0.4, -0.2) is 48.1 Å². The van der Waals surface area contributed by atoms with Crippen LogP contribution in [0, 0.1) is 0 Å². The maximum atomic E-state index is 12.9. The van der Waals surface area contributed by atoms with Crippen LogP contribution in [0.3, 0.4) is 0 Å². The van der Waals surface area contributed by atoms with E-state index in [0.29, 0.717) is 23.5 Å². The fourth-order valence-corrected chi connectivity index (χ4v) is 3.33. The average Bonchev–Trinajstić information content (AvgIpc) is 2.73. The number of hydrogen-bond acceptors (Lipinski definition) is 6. The van der Waals surface area contributed by atoms with E-state index in [9.17, 15) is 14.4 Å². The predicted molar refractivity (Wildman–Crippen MR) is 138 cm³/mol. The standard InChI is InChI=1S/C25H36N4O4S/c1-8-19-14-17(2)15-21(24(32)28-25(4,5)6)27-22(30)16-26-23(31)20(29-34-7)13-11-9-10-12-18(3)33-19/h8-12,14,20-21,29H,1-3,13,15-16H2,4-7H3,(H,26,31)(H,27,30)(H,28,32)/b11-9+,12-10-,19-14+. The molecule has 0 spiro atoms. The van der Waals surface area contributed by atoms with E-state index in [1.165, 1.54) is 18.0 Å². The third kappa shape index (κ3) is 11.7. The first-order valence-corrected chi connectivity index (χ1v) is 12.1. The Morgan fingerprint density at radius 1 is 1.26 bits per heavy atom. The lowest BCUT2D eigenvalue weighted by Crippen LogP contribution is -2.54. The van der Waals surface area contributed by atoms with E-state index < -0.39 is 23.5 Å². The fourth-order valence-electron chi connectivity index (χ4n) is 2.85. The summed E-state index contributed by atoms with van der Waals surface area (Å²) in [6.07, 6.45) is 12.5. The van der Waals surface area contributed by atoms with Crippen LogP contribution in [0.4, 0.5) is 0 Å². The molecule has 2 unspecified atom stereocenters. The molecule has 186 valence electrons. The molecule has 8 nitrogen and oxygen atoms in total. The van der Waals surface area contributed by atoms with Crippen LogP contribution in [0.15, 0.2) is 73.3 Å². The quantitative estimate of drug-likeness (QED) is 0.453. The molecule has 9 heteroatoms. The second-order valence-electron chi connectivity index (χ2n) is 8.66. The Balaban J connectivity index is 3.21. The summed E-state index contributed by atoms with van der Waals surface area (Å²) in [7, 11) is 0. The van der Waals surface area contributed by atoms with Crippen LogP contribution in [0.1, 0.15) is 33.6 Å². The summed E-state index contributed by atoms with van der Waals surface area (Å²) in [5, 5.41) is 8.18. The smallest absolute Gasteiger partial charge is 0.243 e. The number of carbonyl (C=O) groups is 3. The Kier molecular flexibility index (Phi) is 12.2. The van der Waals surface area contributed by atoms with Crippen molar-refractivity contribution in [1.29, 1.82) is 0 Å². The highest BCUT2D eigenvalue weighted by Crippen LogP contribution is 2.14. The van der Waals surface area contributed by atoms with Crippen molar-refractivity contribution >= 4 is 29.7 Å². The summed E-state index contributed by atoms with van der Waals surface area (Å²) in [6, 6.07) is -1.44. The van der Waals surface area contributed by atoms with Gasteiger partial charge >= 0.3 is 0 Å². The minimum atomic E-state index is -0.900. The van der Waals surface area contributed by atoms with Gasteiger partial charge in [-0.1, -0.05) is 49.9 Å². The molecule has 2 atom stereocenters. The molecular weight excluding hydrogens is 452 g/mol. The number of amides is 3. The Labute approximate surface area is 206 Å². The lowest BCUT2D eigenvalue weighted by Gasteiger charge is -2.26. The highest BCUT2D eigenvalue weighted by Gasteiger charge is 2.25. The van der Waals surface area contributed by atoms with Crippen molar-refractivity contribution in [3.8, 4) is 0 Å². The van der Waals surface area contributed by atoms with Gasteiger partial charge in [0.05, 0.1) is 12.6 Å². The molecular formula is C25H36N4O4S. The SMILES string of the molecule is C=C/C1=C\C(=C)CC(C(=O)NC(C)(C)C)NC(=O)CNC(=O)C(NSC)C/C=C/C=C\C(=C)O1. The Morgan fingerprint density at radius 2 is 1.97 bits per heavy atom. The molecule has 0 saturated carbocycles. The number of allylic oxidation sites excluding steroid dienone is 5. The van der Waals surface area contributed by atoms with Gasteiger partial charge in [0.15, 0.2) is 0 Å². The third-order valence-electron chi connectivity index (χ3n) is 4.31. The van der Waals surface area contributed by atoms with E-state index in [2.05, 4.69) is 40.4 Å². The first-order chi connectivity index (χ1) is 15.9. The second-order valence-corrected chi connectivity index (χ2v) is 9.30. The first-order valence-electron chi connectivity index (χ1n) is 10.8. The molecule has 0 fully saturated rings. The molecule has 34 heavy (non-hydrogen) atoms. The van der Waals surface area contributed by atoms with Gasteiger partial charge in [-0.25, -0.2) is 0 Å². The summed E-state index contributed by atoms with van der Waals surface area (Å²) >= 11 is 1.31. The minimum absolute atomic E-state index is 0.129. The summed E-state index contributed by atoms with van der Waals surface area (Å²) in [5.41, 5.74) is 0.0402. The van der Waals surface area contributed by atoms with Gasteiger partial charge < -0.3 is 20.7 Å². The molecule has 0 aliphatic carbocycles. The van der Waals surface area contributed by atoms with Crippen LogP contribution in [-0.2, 0) is 19.1 Å². The van der Waals surface area contributed by atoms with E-state index in [-0.39, 0.29) is 24.8 Å². The maximum absolute atomic E-state index is 12.9. The second kappa shape index (κ2) is 14.3. The van der Waals surface area contributed by atoms with E-state index in [1.54, 1.807) is 24.3 Å². The van der Waals surface area contributed by atoms with Crippen molar-refractivity contribution in [3.05, 3.63) is 73.3 Å². The van der Waals surface area contributed by atoms with Crippen molar-refractivity contribution in [3.63, 3.8) is 0 Å². The van der Waals surface area contributed by atoms with Gasteiger partial charge in [-0.3, -0.25) is 19.1 Å². The number of hydrogen-bond donors (Lipinski definition) is 4. The van der Waals surface area contributed by atoms with Crippen molar-refractivity contribution in [1.82, 2.24) is 20.7 Å². The van der Waals surface area contributed by atoms with Crippen molar-refractivity contribution in [2.45, 2.75) is 51.2 Å². The molecule has 1 aliphatic rings. The largest absolute Gasteiger partial charge is 0.458 e. The summed E-state index contributed by atoms with van der Waals surface area (Å²) in [4.78, 5) is 38.0. The van der Waals surface area contributed by atoms with Crippen LogP contribution < -0.4 is 20.7 Å². The predicted octanol–water partition coefficient (Wildman–Crippen LogP) is 2.80. The summed E-state index contributed by atoms with van der Waals surface area (Å²) < 4.78 is 8.70. The lowest BCUT2D eigenvalue weighted by atomic mass is 10.0. The van der Waals surface area contributed by atoms with Gasteiger partial charge in [0.25, 0.3) is 0 Å². The van der Waals surface area contributed by atoms with Crippen LogP contribution in [0.5, 0.6) is 0 Å². The topological polar surface area (TPSA) is 109 Å². The molecule has 1 heterocycles. The molecule has 0 radical (unpaired) electrons. The maximum Gasteiger partial charge on any atom is 0.243 e. The Hall–Kier alpha value is -3.04. The van der Waals surface area contributed by atoms with Gasteiger partial charge in [-0.2, -0.15) is 0 Å². The molecule has 0 aromatic rings. The van der Waals surface area contributed by atoms with E-state index >= 15 is 0 Å².